The molecule has 82 valence electrons. The minimum atomic E-state index is -4.47. The lowest BCUT2D eigenvalue weighted by Crippen LogP contribution is -2.13. The first kappa shape index (κ1) is 13.0. The summed E-state index contributed by atoms with van der Waals surface area (Å²) in [7, 11) is 0. The number of halogens is 3. The van der Waals surface area contributed by atoms with Gasteiger partial charge >= 0.3 is 12.1 Å². The molecule has 2 nitrogen and oxygen atoms in total. The van der Waals surface area contributed by atoms with Crippen LogP contribution in [0, 0.1) is 5.92 Å². The van der Waals surface area contributed by atoms with Gasteiger partial charge in [0.2, 0.25) is 0 Å². The Morgan fingerprint density at radius 2 is 1.93 bits per heavy atom. The van der Waals surface area contributed by atoms with Crippen molar-refractivity contribution >= 4 is 5.97 Å². The Bertz CT molecular complexity index is 229. The SMILES string of the molecule is C/C(=C\C(F)(F)F)C(=O)OCC(C)C. The third kappa shape index (κ3) is 6.51. The van der Waals surface area contributed by atoms with Crippen LogP contribution in [0.4, 0.5) is 13.2 Å². The van der Waals surface area contributed by atoms with Gasteiger partial charge in [0, 0.05) is 11.6 Å². The van der Waals surface area contributed by atoms with Crippen molar-refractivity contribution in [2.24, 2.45) is 5.92 Å². The highest BCUT2D eigenvalue weighted by molar-refractivity contribution is 5.87. The highest BCUT2D eigenvalue weighted by atomic mass is 19.4. The smallest absolute Gasteiger partial charge is 0.410 e. The van der Waals surface area contributed by atoms with Crippen LogP contribution in [0.3, 0.4) is 0 Å². The van der Waals surface area contributed by atoms with Crippen LogP contribution in [0.1, 0.15) is 20.8 Å². The Morgan fingerprint density at radius 3 is 2.29 bits per heavy atom. The molecule has 0 fully saturated rings. The van der Waals surface area contributed by atoms with E-state index in [0.717, 1.165) is 6.92 Å². The van der Waals surface area contributed by atoms with Gasteiger partial charge in [0.25, 0.3) is 0 Å². The molecule has 0 unspecified atom stereocenters. The molecule has 0 N–H and O–H groups in total. The molecule has 0 saturated carbocycles. The molecule has 0 saturated heterocycles. The second kappa shape index (κ2) is 5.02. The van der Waals surface area contributed by atoms with E-state index in [0.29, 0.717) is 0 Å². The first-order valence-electron chi connectivity index (χ1n) is 4.15. The maximum absolute atomic E-state index is 11.8. The number of esters is 1. The van der Waals surface area contributed by atoms with Gasteiger partial charge in [-0.25, -0.2) is 4.79 Å². The molecule has 0 heterocycles. The van der Waals surface area contributed by atoms with Crippen LogP contribution in [0.15, 0.2) is 11.6 Å². The fraction of sp³-hybridized carbons (Fsp3) is 0.667. The van der Waals surface area contributed by atoms with Gasteiger partial charge in [-0.3, -0.25) is 0 Å². The molecular weight excluding hydrogens is 197 g/mol. The van der Waals surface area contributed by atoms with E-state index in [-0.39, 0.29) is 18.6 Å². The molecule has 0 radical (unpaired) electrons. The normalized spacial score (nSPS) is 13.2. The van der Waals surface area contributed by atoms with Crippen LogP contribution < -0.4 is 0 Å². The second-order valence-corrected chi connectivity index (χ2v) is 3.36. The van der Waals surface area contributed by atoms with E-state index in [4.69, 9.17) is 0 Å². The van der Waals surface area contributed by atoms with Gasteiger partial charge in [-0.05, 0) is 12.8 Å². The van der Waals surface area contributed by atoms with Crippen molar-refractivity contribution in [1.29, 1.82) is 0 Å². The highest BCUT2D eigenvalue weighted by Gasteiger charge is 2.25. The summed E-state index contributed by atoms with van der Waals surface area (Å²) in [6, 6.07) is 0. The van der Waals surface area contributed by atoms with E-state index in [2.05, 4.69) is 4.74 Å². The molecule has 0 aromatic rings. The maximum atomic E-state index is 11.8. The van der Waals surface area contributed by atoms with Gasteiger partial charge in [0.1, 0.15) is 0 Å². The predicted molar refractivity (Wildman–Crippen MR) is 45.6 cm³/mol. The monoisotopic (exact) mass is 210 g/mol. The quantitative estimate of drug-likeness (QED) is 0.528. The zero-order chi connectivity index (χ0) is 11.4. The number of hydrogen-bond donors (Lipinski definition) is 0. The average molecular weight is 210 g/mol. The molecule has 0 aliphatic heterocycles. The second-order valence-electron chi connectivity index (χ2n) is 3.36. The topological polar surface area (TPSA) is 26.3 Å². The van der Waals surface area contributed by atoms with Crippen molar-refractivity contribution in [2.45, 2.75) is 26.9 Å². The van der Waals surface area contributed by atoms with E-state index in [9.17, 15) is 18.0 Å². The van der Waals surface area contributed by atoms with Gasteiger partial charge in [-0.2, -0.15) is 13.2 Å². The van der Waals surface area contributed by atoms with Crippen molar-refractivity contribution in [3.05, 3.63) is 11.6 Å². The summed E-state index contributed by atoms with van der Waals surface area (Å²) < 4.78 is 39.9. The van der Waals surface area contributed by atoms with E-state index < -0.39 is 17.7 Å². The lowest BCUT2D eigenvalue weighted by Gasteiger charge is -2.07. The lowest BCUT2D eigenvalue weighted by molar-refractivity contribution is -0.140. The molecule has 0 bridgehead atoms. The third-order valence-corrected chi connectivity index (χ3v) is 1.25. The summed E-state index contributed by atoms with van der Waals surface area (Å²) in [5.74, 6) is -0.811. The summed E-state index contributed by atoms with van der Waals surface area (Å²) in [5.41, 5.74) is -0.432. The maximum Gasteiger partial charge on any atom is 0.410 e. The minimum absolute atomic E-state index is 0.0599. The van der Waals surface area contributed by atoms with Crippen LogP contribution >= 0.6 is 0 Å². The van der Waals surface area contributed by atoms with Crippen molar-refractivity contribution in [2.75, 3.05) is 6.61 Å². The third-order valence-electron chi connectivity index (χ3n) is 1.25. The molecule has 0 aromatic carbocycles. The number of carbonyl (C=O) groups is 1. The van der Waals surface area contributed by atoms with Gasteiger partial charge in [0.15, 0.2) is 0 Å². The van der Waals surface area contributed by atoms with Gasteiger partial charge in [0.05, 0.1) is 6.61 Å². The Balaban J connectivity index is 4.20. The molecule has 0 aliphatic carbocycles. The van der Waals surface area contributed by atoms with Crippen molar-refractivity contribution in [3.8, 4) is 0 Å². The molecule has 0 aromatic heterocycles. The fourth-order valence-electron chi connectivity index (χ4n) is 0.661. The Labute approximate surface area is 80.7 Å². The molecule has 5 heteroatoms. The number of allylic oxidation sites excluding steroid dienone is 1. The predicted octanol–water partition coefficient (Wildman–Crippen LogP) is 2.69. The van der Waals surface area contributed by atoms with Crippen LogP contribution in [-0.2, 0) is 9.53 Å². The summed E-state index contributed by atoms with van der Waals surface area (Å²) in [5, 5.41) is 0. The number of carbonyl (C=O) groups excluding carboxylic acids is 1. The molecule has 0 amide bonds. The lowest BCUT2D eigenvalue weighted by atomic mass is 10.2. The summed E-state index contributed by atoms with van der Waals surface area (Å²) >= 11 is 0. The molecule has 0 rings (SSSR count). The van der Waals surface area contributed by atoms with Crippen molar-refractivity contribution in [3.63, 3.8) is 0 Å². The molecule has 0 aliphatic rings. The number of alkyl halides is 3. The summed E-state index contributed by atoms with van der Waals surface area (Å²) in [4.78, 5) is 10.9. The summed E-state index contributed by atoms with van der Waals surface area (Å²) in [6.07, 6.45) is -4.53. The Kier molecular flexibility index (Phi) is 4.67. The standard InChI is InChI=1S/C9H13F3O2/c1-6(2)5-14-8(13)7(3)4-9(10,11)12/h4,6H,5H2,1-3H3/b7-4+. The van der Waals surface area contributed by atoms with Crippen molar-refractivity contribution < 1.29 is 22.7 Å². The number of ether oxygens (including phenoxy) is 1. The van der Waals surface area contributed by atoms with Crippen LogP contribution in [0.5, 0.6) is 0 Å². The average Bonchev–Trinajstić information content (AvgIpc) is 1.96. The zero-order valence-electron chi connectivity index (χ0n) is 8.31. The zero-order valence-corrected chi connectivity index (χ0v) is 8.31. The van der Waals surface area contributed by atoms with Crippen LogP contribution in [-0.4, -0.2) is 18.8 Å². The highest BCUT2D eigenvalue weighted by Crippen LogP contribution is 2.18. The first-order valence-corrected chi connectivity index (χ1v) is 4.15. The van der Waals surface area contributed by atoms with Gasteiger partial charge in [-0.15, -0.1) is 0 Å². The Morgan fingerprint density at radius 1 is 1.43 bits per heavy atom. The van der Waals surface area contributed by atoms with Crippen LogP contribution in [0.25, 0.3) is 0 Å². The van der Waals surface area contributed by atoms with E-state index in [1.807, 2.05) is 0 Å². The van der Waals surface area contributed by atoms with Crippen LogP contribution in [0.2, 0.25) is 0 Å². The van der Waals surface area contributed by atoms with E-state index in [1.54, 1.807) is 13.8 Å². The molecular formula is C9H13F3O2. The fourth-order valence-corrected chi connectivity index (χ4v) is 0.661. The van der Waals surface area contributed by atoms with E-state index in [1.165, 1.54) is 0 Å². The van der Waals surface area contributed by atoms with Gasteiger partial charge in [-0.1, -0.05) is 13.8 Å². The minimum Gasteiger partial charge on any atom is -0.462 e. The van der Waals surface area contributed by atoms with Gasteiger partial charge < -0.3 is 4.74 Å². The number of rotatable bonds is 3. The molecule has 0 spiro atoms. The number of hydrogen-bond acceptors (Lipinski definition) is 2. The molecule has 14 heavy (non-hydrogen) atoms. The first-order chi connectivity index (χ1) is 6.22. The largest absolute Gasteiger partial charge is 0.462 e. The Hall–Kier alpha value is -1.00. The molecule has 0 atom stereocenters. The van der Waals surface area contributed by atoms with E-state index >= 15 is 0 Å². The summed E-state index contributed by atoms with van der Waals surface area (Å²) in [6.45, 7) is 4.81. The van der Waals surface area contributed by atoms with Crippen molar-refractivity contribution in [1.82, 2.24) is 0 Å².